The summed E-state index contributed by atoms with van der Waals surface area (Å²) in [6.45, 7) is 0. The fourth-order valence-electron chi connectivity index (χ4n) is 2.65. The van der Waals surface area contributed by atoms with E-state index in [1.54, 1.807) is 23.9 Å². The second-order valence-electron chi connectivity index (χ2n) is 5.58. The van der Waals surface area contributed by atoms with E-state index in [0.29, 0.717) is 5.69 Å². The van der Waals surface area contributed by atoms with Gasteiger partial charge in [-0.05, 0) is 29.8 Å². The van der Waals surface area contributed by atoms with E-state index >= 15 is 0 Å². The summed E-state index contributed by atoms with van der Waals surface area (Å²) in [7, 11) is 5.38. The number of carbonyl (C=O) groups excluding carboxylic acids is 1. The van der Waals surface area contributed by atoms with Crippen molar-refractivity contribution in [3.05, 3.63) is 72.1 Å². The third-order valence-corrected chi connectivity index (χ3v) is 4.02. The van der Waals surface area contributed by atoms with Gasteiger partial charge in [0, 0.05) is 32.7 Å². The monoisotopic (exact) mass is 324 g/mol. The highest BCUT2D eigenvalue weighted by Crippen LogP contribution is 2.23. The summed E-state index contributed by atoms with van der Waals surface area (Å²) >= 11 is 0. The maximum Gasteiger partial charge on any atom is 0.268 e. The Bertz CT molecular complexity index is 833. The van der Waals surface area contributed by atoms with Gasteiger partial charge >= 0.3 is 0 Å². The predicted octanol–water partition coefficient (Wildman–Crippen LogP) is 2.29. The van der Waals surface area contributed by atoms with Crippen molar-refractivity contribution in [1.29, 1.82) is 0 Å². The van der Waals surface area contributed by atoms with Gasteiger partial charge < -0.3 is 19.2 Å². The molecule has 6 nitrogen and oxygen atoms in total. The third kappa shape index (κ3) is 3.03. The number of nitrogens with zero attached hydrogens (tertiary/aromatic N) is 3. The van der Waals surface area contributed by atoms with Crippen LogP contribution in [0.4, 0.5) is 0 Å². The van der Waals surface area contributed by atoms with Gasteiger partial charge in [0.15, 0.2) is 0 Å². The zero-order chi connectivity index (χ0) is 17.1. The van der Waals surface area contributed by atoms with Crippen molar-refractivity contribution in [2.75, 3.05) is 7.11 Å². The number of ether oxygens (including phenoxy) is 1. The normalized spacial score (nSPS) is 12.0. The lowest BCUT2D eigenvalue weighted by Gasteiger charge is -2.19. The summed E-state index contributed by atoms with van der Waals surface area (Å²) in [6, 6.07) is 10.9. The lowest BCUT2D eigenvalue weighted by molar-refractivity contribution is 0.0933. The number of aryl methyl sites for hydroxylation is 2. The highest BCUT2D eigenvalue weighted by molar-refractivity contribution is 5.93. The first-order valence-electron chi connectivity index (χ1n) is 7.63. The van der Waals surface area contributed by atoms with Crippen LogP contribution < -0.4 is 10.1 Å². The summed E-state index contributed by atoms with van der Waals surface area (Å²) in [5, 5.41) is 3.07. The van der Waals surface area contributed by atoms with Crippen LogP contribution in [0.25, 0.3) is 0 Å². The van der Waals surface area contributed by atoms with Gasteiger partial charge in [0.05, 0.1) is 7.11 Å². The van der Waals surface area contributed by atoms with Gasteiger partial charge in [0.1, 0.15) is 23.3 Å². The van der Waals surface area contributed by atoms with Gasteiger partial charge in [-0.2, -0.15) is 0 Å². The number of imidazole rings is 1. The van der Waals surface area contributed by atoms with E-state index in [1.165, 1.54) is 0 Å². The Morgan fingerprint density at radius 3 is 2.42 bits per heavy atom. The number of amides is 1. The van der Waals surface area contributed by atoms with Crippen LogP contribution in [0.5, 0.6) is 5.75 Å². The van der Waals surface area contributed by atoms with Crippen molar-refractivity contribution >= 4 is 5.91 Å². The molecule has 0 aliphatic rings. The standard InChI is InChI=1S/C18H20N4O2/c1-21-11-4-5-15(21)18(23)20-16(17-19-10-12-22(17)2)13-6-8-14(24-3)9-7-13/h4-12,16H,1-3H3,(H,20,23). The SMILES string of the molecule is COc1ccc(C(NC(=O)c2cccn2C)c2nccn2C)cc1. The lowest BCUT2D eigenvalue weighted by atomic mass is 10.1. The second-order valence-corrected chi connectivity index (χ2v) is 5.58. The van der Waals surface area contributed by atoms with Gasteiger partial charge in [-0.25, -0.2) is 4.98 Å². The fourth-order valence-corrected chi connectivity index (χ4v) is 2.65. The highest BCUT2D eigenvalue weighted by Gasteiger charge is 2.22. The van der Waals surface area contributed by atoms with E-state index in [9.17, 15) is 4.79 Å². The minimum absolute atomic E-state index is 0.147. The molecule has 0 spiro atoms. The average molecular weight is 324 g/mol. The van der Waals surface area contributed by atoms with Crippen LogP contribution in [0.2, 0.25) is 0 Å². The van der Waals surface area contributed by atoms with Crippen LogP contribution in [-0.2, 0) is 14.1 Å². The van der Waals surface area contributed by atoms with Gasteiger partial charge in [0.25, 0.3) is 5.91 Å². The summed E-state index contributed by atoms with van der Waals surface area (Å²) < 4.78 is 8.90. The quantitative estimate of drug-likeness (QED) is 0.783. The number of hydrogen-bond donors (Lipinski definition) is 1. The Morgan fingerprint density at radius 2 is 1.88 bits per heavy atom. The molecule has 1 atom stereocenters. The molecule has 0 fully saturated rings. The predicted molar refractivity (Wildman–Crippen MR) is 90.9 cm³/mol. The van der Waals surface area contributed by atoms with E-state index in [1.807, 2.05) is 61.4 Å². The lowest BCUT2D eigenvalue weighted by Crippen LogP contribution is -2.32. The zero-order valence-corrected chi connectivity index (χ0v) is 13.9. The Hall–Kier alpha value is -3.02. The zero-order valence-electron chi connectivity index (χ0n) is 13.9. The van der Waals surface area contributed by atoms with Crippen molar-refractivity contribution in [1.82, 2.24) is 19.4 Å². The second kappa shape index (κ2) is 6.62. The highest BCUT2D eigenvalue weighted by atomic mass is 16.5. The maximum absolute atomic E-state index is 12.6. The molecule has 0 aliphatic carbocycles. The van der Waals surface area contributed by atoms with Crippen LogP contribution in [0.15, 0.2) is 55.0 Å². The largest absolute Gasteiger partial charge is 0.497 e. The van der Waals surface area contributed by atoms with E-state index in [4.69, 9.17) is 4.74 Å². The Kier molecular flexibility index (Phi) is 4.37. The Morgan fingerprint density at radius 1 is 1.12 bits per heavy atom. The smallest absolute Gasteiger partial charge is 0.268 e. The number of rotatable bonds is 5. The Balaban J connectivity index is 1.95. The van der Waals surface area contributed by atoms with Crippen LogP contribution >= 0.6 is 0 Å². The van der Waals surface area contributed by atoms with E-state index < -0.39 is 0 Å². The molecular weight excluding hydrogens is 304 g/mol. The molecule has 0 saturated heterocycles. The summed E-state index contributed by atoms with van der Waals surface area (Å²) in [4.78, 5) is 17.0. The molecule has 1 unspecified atom stereocenters. The Labute approximate surface area is 140 Å². The first-order valence-corrected chi connectivity index (χ1v) is 7.63. The molecule has 1 amide bonds. The molecule has 0 radical (unpaired) electrons. The molecule has 24 heavy (non-hydrogen) atoms. The maximum atomic E-state index is 12.6. The van der Waals surface area contributed by atoms with Crippen molar-refractivity contribution in [3.63, 3.8) is 0 Å². The van der Waals surface area contributed by atoms with E-state index in [2.05, 4.69) is 10.3 Å². The van der Waals surface area contributed by atoms with E-state index in [-0.39, 0.29) is 11.9 Å². The van der Waals surface area contributed by atoms with E-state index in [0.717, 1.165) is 17.1 Å². The van der Waals surface area contributed by atoms with Crippen molar-refractivity contribution in [2.45, 2.75) is 6.04 Å². The molecule has 3 rings (SSSR count). The summed E-state index contributed by atoms with van der Waals surface area (Å²) in [5.41, 5.74) is 1.54. The third-order valence-electron chi connectivity index (χ3n) is 4.02. The van der Waals surface area contributed by atoms with Gasteiger partial charge in [0.2, 0.25) is 0 Å². The van der Waals surface area contributed by atoms with Crippen molar-refractivity contribution in [3.8, 4) is 5.75 Å². The molecule has 0 bridgehead atoms. The first-order chi connectivity index (χ1) is 11.6. The molecule has 1 N–H and O–H groups in total. The first kappa shape index (κ1) is 15.9. The number of hydrogen-bond acceptors (Lipinski definition) is 3. The topological polar surface area (TPSA) is 61.1 Å². The molecular formula is C18H20N4O2. The average Bonchev–Trinajstić information content (AvgIpc) is 3.21. The molecule has 124 valence electrons. The number of carbonyl (C=O) groups is 1. The van der Waals surface area contributed by atoms with Crippen LogP contribution in [0.3, 0.4) is 0 Å². The number of methoxy groups -OCH3 is 1. The molecule has 6 heteroatoms. The van der Waals surface area contributed by atoms with Crippen LogP contribution in [0.1, 0.15) is 27.9 Å². The van der Waals surface area contributed by atoms with Crippen molar-refractivity contribution < 1.29 is 9.53 Å². The van der Waals surface area contributed by atoms with Crippen LogP contribution in [0, 0.1) is 0 Å². The minimum Gasteiger partial charge on any atom is -0.497 e. The number of nitrogens with one attached hydrogen (secondary N) is 1. The molecule has 2 heterocycles. The number of aromatic nitrogens is 3. The molecule has 2 aromatic heterocycles. The summed E-state index contributed by atoms with van der Waals surface area (Å²) in [6.07, 6.45) is 5.43. The molecule has 3 aromatic rings. The summed E-state index contributed by atoms with van der Waals surface area (Å²) in [5.74, 6) is 1.39. The van der Waals surface area contributed by atoms with Crippen molar-refractivity contribution in [2.24, 2.45) is 14.1 Å². The molecule has 0 saturated carbocycles. The van der Waals surface area contributed by atoms with Crippen LogP contribution in [-0.4, -0.2) is 27.1 Å². The van der Waals surface area contributed by atoms with Gasteiger partial charge in [-0.15, -0.1) is 0 Å². The molecule has 0 aliphatic heterocycles. The van der Waals surface area contributed by atoms with Gasteiger partial charge in [-0.3, -0.25) is 4.79 Å². The number of benzene rings is 1. The fraction of sp³-hybridized carbons (Fsp3) is 0.222. The van der Waals surface area contributed by atoms with Gasteiger partial charge in [-0.1, -0.05) is 12.1 Å². The molecule has 1 aromatic carbocycles. The minimum atomic E-state index is -0.349.